The Morgan fingerprint density at radius 1 is 1.67 bits per heavy atom. The van der Waals surface area contributed by atoms with Crippen LogP contribution in [0.5, 0.6) is 0 Å². The summed E-state index contributed by atoms with van der Waals surface area (Å²) in [5, 5.41) is 20.7. The summed E-state index contributed by atoms with van der Waals surface area (Å²) >= 11 is 6.97. The molecule has 84 valence electrons. The minimum absolute atomic E-state index is 0.153. The number of aliphatic hydroxyl groups is 2. The highest BCUT2D eigenvalue weighted by atomic mass is 35.5. The first-order chi connectivity index (χ1) is 7.07. The number of hydrogen-bond acceptors (Lipinski definition) is 5. The van der Waals surface area contributed by atoms with Crippen LogP contribution in [0.3, 0.4) is 0 Å². The zero-order valence-corrected chi connectivity index (χ0v) is 9.59. The van der Waals surface area contributed by atoms with Gasteiger partial charge in [-0.25, -0.2) is 4.79 Å². The summed E-state index contributed by atoms with van der Waals surface area (Å²) in [4.78, 5) is 11.1. The summed E-state index contributed by atoms with van der Waals surface area (Å²) in [7, 11) is 0. The maximum absolute atomic E-state index is 11.1. The molecule has 0 aliphatic rings. The van der Waals surface area contributed by atoms with Crippen LogP contribution in [0, 0.1) is 0 Å². The molecule has 1 heterocycles. The standard InChI is InChI=1S/C9H11ClO4S/c1-2-14-9(13)7(12)6(11)5-3-4-15-8(5)10/h3-4,6-7,11-12H,2H2,1H3. The average Bonchev–Trinajstić information content (AvgIpc) is 2.62. The van der Waals surface area contributed by atoms with E-state index in [4.69, 9.17) is 11.6 Å². The largest absolute Gasteiger partial charge is 0.464 e. The molecule has 2 unspecified atom stereocenters. The molecule has 6 heteroatoms. The maximum Gasteiger partial charge on any atom is 0.338 e. The van der Waals surface area contributed by atoms with E-state index in [0.717, 1.165) is 0 Å². The number of ether oxygens (including phenoxy) is 1. The monoisotopic (exact) mass is 250 g/mol. The average molecular weight is 251 g/mol. The molecule has 0 fully saturated rings. The molecule has 2 N–H and O–H groups in total. The fraction of sp³-hybridized carbons (Fsp3) is 0.444. The Labute approximate surface area is 96.1 Å². The molecule has 0 bridgehead atoms. The fourth-order valence-electron chi connectivity index (χ4n) is 1.04. The van der Waals surface area contributed by atoms with E-state index in [9.17, 15) is 15.0 Å². The zero-order chi connectivity index (χ0) is 11.4. The van der Waals surface area contributed by atoms with Gasteiger partial charge in [0.2, 0.25) is 0 Å². The summed E-state index contributed by atoms with van der Waals surface area (Å²) in [5.41, 5.74) is 0.335. The van der Waals surface area contributed by atoms with E-state index in [1.807, 2.05) is 0 Å². The molecular formula is C9H11ClO4S. The first kappa shape index (κ1) is 12.4. The smallest absolute Gasteiger partial charge is 0.338 e. The maximum atomic E-state index is 11.1. The van der Waals surface area contributed by atoms with Gasteiger partial charge in [0.05, 0.1) is 10.9 Å². The molecule has 0 radical (unpaired) electrons. The zero-order valence-electron chi connectivity index (χ0n) is 8.01. The number of thiophene rings is 1. The van der Waals surface area contributed by atoms with Gasteiger partial charge in [-0.05, 0) is 18.4 Å². The predicted molar refractivity (Wildman–Crippen MR) is 56.9 cm³/mol. The number of rotatable bonds is 4. The van der Waals surface area contributed by atoms with E-state index < -0.39 is 18.2 Å². The van der Waals surface area contributed by atoms with Gasteiger partial charge in [0.1, 0.15) is 6.10 Å². The second kappa shape index (κ2) is 5.46. The highest BCUT2D eigenvalue weighted by molar-refractivity contribution is 7.14. The third-order valence-electron chi connectivity index (χ3n) is 1.79. The molecule has 1 aromatic heterocycles. The van der Waals surface area contributed by atoms with Crippen LogP contribution in [0.2, 0.25) is 4.34 Å². The molecule has 0 spiro atoms. The molecule has 1 rings (SSSR count). The summed E-state index contributed by atoms with van der Waals surface area (Å²) in [6, 6.07) is 1.56. The van der Waals surface area contributed by atoms with Gasteiger partial charge in [-0.2, -0.15) is 0 Å². The molecule has 0 amide bonds. The van der Waals surface area contributed by atoms with Crippen molar-refractivity contribution in [3.8, 4) is 0 Å². The van der Waals surface area contributed by atoms with Gasteiger partial charge in [-0.1, -0.05) is 11.6 Å². The topological polar surface area (TPSA) is 66.8 Å². The van der Waals surface area contributed by atoms with Gasteiger partial charge >= 0.3 is 5.97 Å². The highest BCUT2D eigenvalue weighted by Gasteiger charge is 2.28. The number of aliphatic hydroxyl groups excluding tert-OH is 2. The van der Waals surface area contributed by atoms with E-state index in [-0.39, 0.29) is 6.61 Å². The van der Waals surface area contributed by atoms with E-state index in [1.54, 1.807) is 18.4 Å². The Hall–Kier alpha value is -0.620. The SMILES string of the molecule is CCOC(=O)C(O)C(O)c1ccsc1Cl. The first-order valence-corrected chi connectivity index (χ1v) is 5.59. The highest BCUT2D eigenvalue weighted by Crippen LogP contribution is 2.30. The van der Waals surface area contributed by atoms with E-state index in [1.165, 1.54) is 11.3 Å². The molecule has 2 atom stereocenters. The molecule has 0 aliphatic carbocycles. The van der Waals surface area contributed by atoms with Crippen molar-refractivity contribution >= 4 is 28.9 Å². The fourth-order valence-corrected chi connectivity index (χ4v) is 2.03. The molecule has 1 aromatic rings. The summed E-state index contributed by atoms with van der Waals surface area (Å²) in [5.74, 6) is -0.854. The summed E-state index contributed by atoms with van der Waals surface area (Å²) < 4.78 is 4.93. The summed E-state index contributed by atoms with van der Waals surface area (Å²) in [6.45, 7) is 1.77. The van der Waals surface area contributed by atoms with Gasteiger partial charge < -0.3 is 14.9 Å². The lowest BCUT2D eigenvalue weighted by molar-refractivity contribution is -0.159. The van der Waals surface area contributed by atoms with E-state index in [0.29, 0.717) is 9.90 Å². The lowest BCUT2D eigenvalue weighted by Crippen LogP contribution is -2.29. The first-order valence-electron chi connectivity index (χ1n) is 4.33. The van der Waals surface area contributed by atoms with Crippen molar-refractivity contribution in [2.45, 2.75) is 19.1 Å². The van der Waals surface area contributed by atoms with Crippen LogP contribution in [0.1, 0.15) is 18.6 Å². The van der Waals surface area contributed by atoms with Crippen LogP contribution in [-0.2, 0) is 9.53 Å². The minimum Gasteiger partial charge on any atom is -0.464 e. The predicted octanol–water partition coefficient (Wildman–Crippen LogP) is 1.36. The second-order valence-electron chi connectivity index (χ2n) is 2.79. The number of halogens is 1. The van der Waals surface area contributed by atoms with Gasteiger partial charge in [0, 0.05) is 5.56 Å². The van der Waals surface area contributed by atoms with Crippen LogP contribution in [0.25, 0.3) is 0 Å². The van der Waals surface area contributed by atoms with Crippen molar-refractivity contribution < 1.29 is 19.7 Å². The third kappa shape index (κ3) is 2.92. The molecular weight excluding hydrogens is 240 g/mol. The number of carbonyl (C=O) groups excluding carboxylic acids is 1. The summed E-state index contributed by atoms with van der Waals surface area (Å²) in [6.07, 6.45) is -2.94. The molecule has 0 saturated carbocycles. The van der Waals surface area contributed by atoms with Crippen LogP contribution in [0.4, 0.5) is 0 Å². The third-order valence-corrected chi connectivity index (χ3v) is 2.99. The Morgan fingerprint density at radius 3 is 2.80 bits per heavy atom. The molecule has 0 aliphatic heterocycles. The van der Waals surface area contributed by atoms with Crippen molar-refractivity contribution in [1.29, 1.82) is 0 Å². The molecule has 15 heavy (non-hydrogen) atoms. The van der Waals surface area contributed by atoms with Gasteiger partial charge in [-0.3, -0.25) is 0 Å². The molecule has 0 saturated heterocycles. The van der Waals surface area contributed by atoms with Crippen LogP contribution in [-0.4, -0.2) is 28.9 Å². The van der Waals surface area contributed by atoms with Crippen LogP contribution >= 0.6 is 22.9 Å². The van der Waals surface area contributed by atoms with Crippen LogP contribution < -0.4 is 0 Å². The lowest BCUT2D eigenvalue weighted by Gasteiger charge is -2.15. The van der Waals surface area contributed by atoms with Crippen LogP contribution in [0.15, 0.2) is 11.4 Å². The minimum atomic E-state index is -1.60. The van der Waals surface area contributed by atoms with Crippen molar-refractivity contribution in [2.24, 2.45) is 0 Å². The van der Waals surface area contributed by atoms with Gasteiger partial charge in [0.15, 0.2) is 6.10 Å². The molecule has 4 nitrogen and oxygen atoms in total. The Kier molecular flexibility index (Phi) is 4.53. The molecule has 0 aromatic carbocycles. The Balaban J connectivity index is 2.72. The van der Waals surface area contributed by atoms with Crippen molar-refractivity contribution in [2.75, 3.05) is 6.61 Å². The Morgan fingerprint density at radius 2 is 2.33 bits per heavy atom. The number of hydrogen-bond donors (Lipinski definition) is 2. The van der Waals surface area contributed by atoms with Crippen molar-refractivity contribution in [3.63, 3.8) is 0 Å². The van der Waals surface area contributed by atoms with E-state index in [2.05, 4.69) is 4.74 Å². The quantitative estimate of drug-likeness (QED) is 0.792. The second-order valence-corrected chi connectivity index (χ2v) is 4.31. The van der Waals surface area contributed by atoms with E-state index >= 15 is 0 Å². The van der Waals surface area contributed by atoms with Crippen molar-refractivity contribution in [1.82, 2.24) is 0 Å². The van der Waals surface area contributed by atoms with Gasteiger partial charge in [0.25, 0.3) is 0 Å². The lowest BCUT2D eigenvalue weighted by atomic mass is 10.1. The Bertz CT molecular complexity index is 339. The van der Waals surface area contributed by atoms with Crippen molar-refractivity contribution in [3.05, 3.63) is 21.3 Å². The van der Waals surface area contributed by atoms with Gasteiger partial charge in [-0.15, -0.1) is 11.3 Å². The number of carbonyl (C=O) groups is 1. The number of esters is 1. The normalized spacial score (nSPS) is 14.7.